The second-order valence-electron chi connectivity index (χ2n) is 7.82. The summed E-state index contributed by atoms with van der Waals surface area (Å²) in [4.78, 5) is 38.5. The van der Waals surface area contributed by atoms with Gasteiger partial charge in [0.15, 0.2) is 0 Å². The van der Waals surface area contributed by atoms with Gasteiger partial charge in [0, 0.05) is 32.0 Å². The number of carbonyl (C=O) groups excluding carboxylic acids is 2. The molecule has 0 bridgehead atoms. The smallest absolute Gasteiger partial charge is 0.266 e. The first-order valence-electron chi connectivity index (χ1n) is 9.85. The molecule has 1 fully saturated rings. The number of hydrogen-bond donors (Lipinski definition) is 0. The molecule has 0 radical (unpaired) electrons. The van der Waals surface area contributed by atoms with Crippen molar-refractivity contribution in [2.24, 2.45) is 5.92 Å². The SMILES string of the molecule is Cc1nc(C)c(C(=O)N2CC(=O)N(CC(C)C)CC(OCc3cccnc3)C2)s1. The van der Waals surface area contributed by atoms with Crippen molar-refractivity contribution in [1.82, 2.24) is 19.8 Å². The van der Waals surface area contributed by atoms with Gasteiger partial charge in [-0.2, -0.15) is 0 Å². The molecule has 3 rings (SSSR count). The normalized spacial score (nSPS) is 17.7. The van der Waals surface area contributed by atoms with E-state index in [-0.39, 0.29) is 24.5 Å². The van der Waals surface area contributed by atoms with Crippen LogP contribution >= 0.6 is 11.3 Å². The summed E-state index contributed by atoms with van der Waals surface area (Å²) in [6.45, 7) is 9.82. The molecule has 2 amide bonds. The molecule has 29 heavy (non-hydrogen) atoms. The van der Waals surface area contributed by atoms with Crippen LogP contribution in [0.1, 0.15) is 39.8 Å². The summed E-state index contributed by atoms with van der Waals surface area (Å²) in [7, 11) is 0. The van der Waals surface area contributed by atoms with Gasteiger partial charge in [-0.3, -0.25) is 14.6 Å². The standard InChI is InChI=1S/C21H28N4O3S/c1-14(2)9-24-10-18(28-13-17-6-5-7-22-8-17)11-25(12-19(24)26)21(27)20-15(3)23-16(4)29-20/h5-8,14,18H,9-13H2,1-4H3. The van der Waals surface area contributed by atoms with Gasteiger partial charge in [-0.1, -0.05) is 19.9 Å². The molecular weight excluding hydrogens is 388 g/mol. The fourth-order valence-corrected chi connectivity index (χ4v) is 4.31. The number of carbonyl (C=O) groups is 2. The van der Waals surface area contributed by atoms with Crippen LogP contribution in [0.3, 0.4) is 0 Å². The number of nitrogens with zero attached hydrogens (tertiary/aromatic N) is 4. The van der Waals surface area contributed by atoms with E-state index in [1.54, 1.807) is 17.3 Å². The number of aryl methyl sites for hydroxylation is 2. The fraction of sp³-hybridized carbons (Fsp3) is 0.524. The summed E-state index contributed by atoms with van der Waals surface area (Å²) in [5, 5.41) is 0.845. The van der Waals surface area contributed by atoms with Crippen LogP contribution in [0.15, 0.2) is 24.5 Å². The molecule has 1 unspecified atom stereocenters. The lowest BCUT2D eigenvalue weighted by Crippen LogP contribution is -2.40. The highest BCUT2D eigenvalue weighted by Gasteiger charge is 2.32. The van der Waals surface area contributed by atoms with Crippen molar-refractivity contribution in [3.8, 4) is 0 Å². The van der Waals surface area contributed by atoms with Crippen molar-refractivity contribution in [2.45, 2.75) is 40.4 Å². The molecule has 8 heteroatoms. The minimum Gasteiger partial charge on any atom is -0.370 e. The topological polar surface area (TPSA) is 75.6 Å². The van der Waals surface area contributed by atoms with Crippen LogP contribution in [0, 0.1) is 19.8 Å². The average Bonchev–Trinajstić information content (AvgIpc) is 2.93. The Hall–Kier alpha value is -2.32. The van der Waals surface area contributed by atoms with Gasteiger partial charge in [-0.05, 0) is 31.4 Å². The van der Waals surface area contributed by atoms with Crippen LogP contribution < -0.4 is 0 Å². The third-order valence-corrected chi connectivity index (χ3v) is 5.77. The minimum absolute atomic E-state index is 0.0431. The average molecular weight is 417 g/mol. The summed E-state index contributed by atoms with van der Waals surface area (Å²) < 4.78 is 6.12. The van der Waals surface area contributed by atoms with E-state index in [1.807, 2.05) is 30.9 Å². The summed E-state index contributed by atoms with van der Waals surface area (Å²) in [5.41, 5.74) is 1.67. The quantitative estimate of drug-likeness (QED) is 0.724. The highest BCUT2D eigenvalue weighted by Crippen LogP contribution is 2.21. The summed E-state index contributed by atoms with van der Waals surface area (Å²) >= 11 is 1.37. The number of ether oxygens (including phenoxy) is 1. The van der Waals surface area contributed by atoms with E-state index in [0.29, 0.717) is 42.7 Å². The van der Waals surface area contributed by atoms with Gasteiger partial charge in [0.2, 0.25) is 5.91 Å². The van der Waals surface area contributed by atoms with Crippen LogP contribution in [-0.4, -0.2) is 63.9 Å². The molecule has 0 N–H and O–H groups in total. The predicted molar refractivity (Wildman–Crippen MR) is 112 cm³/mol. The summed E-state index contributed by atoms with van der Waals surface area (Å²) in [5.74, 6) is 0.146. The molecular formula is C21H28N4O3S. The Morgan fingerprint density at radius 2 is 2.14 bits per heavy atom. The zero-order chi connectivity index (χ0) is 21.0. The van der Waals surface area contributed by atoms with Crippen LogP contribution in [0.2, 0.25) is 0 Å². The third kappa shape index (κ3) is 5.61. The number of hydrogen-bond acceptors (Lipinski definition) is 6. The molecule has 3 heterocycles. The minimum atomic E-state index is -0.265. The zero-order valence-corrected chi connectivity index (χ0v) is 18.2. The first-order valence-corrected chi connectivity index (χ1v) is 10.7. The van der Waals surface area contributed by atoms with Crippen LogP contribution in [0.25, 0.3) is 0 Å². The van der Waals surface area contributed by atoms with Crippen molar-refractivity contribution in [3.05, 3.63) is 45.7 Å². The maximum atomic E-state index is 13.1. The lowest BCUT2D eigenvalue weighted by molar-refractivity contribution is -0.132. The molecule has 2 aromatic rings. The Balaban J connectivity index is 1.78. The Kier molecular flexibility index (Phi) is 6.97. The Bertz CT molecular complexity index is 853. The molecule has 2 aromatic heterocycles. The molecule has 0 aromatic carbocycles. The summed E-state index contributed by atoms with van der Waals surface area (Å²) in [6, 6.07) is 3.82. The van der Waals surface area contributed by atoms with E-state index in [4.69, 9.17) is 4.74 Å². The summed E-state index contributed by atoms with van der Waals surface area (Å²) in [6.07, 6.45) is 3.22. The fourth-order valence-electron chi connectivity index (χ4n) is 3.43. The predicted octanol–water partition coefficient (Wildman–Crippen LogP) is 2.68. The first kappa shape index (κ1) is 21.4. The van der Waals surface area contributed by atoms with Crippen molar-refractivity contribution in [1.29, 1.82) is 0 Å². The lowest BCUT2D eigenvalue weighted by Gasteiger charge is -2.26. The van der Waals surface area contributed by atoms with E-state index in [1.165, 1.54) is 11.3 Å². The molecule has 0 aliphatic carbocycles. The first-order chi connectivity index (χ1) is 13.8. The van der Waals surface area contributed by atoms with E-state index in [2.05, 4.69) is 23.8 Å². The molecule has 1 saturated heterocycles. The molecule has 0 saturated carbocycles. The Morgan fingerprint density at radius 3 is 2.76 bits per heavy atom. The second-order valence-corrected chi connectivity index (χ2v) is 9.02. The third-order valence-electron chi connectivity index (χ3n) is 4.71. The second kappa shape index (κ2) is 9.45. The van der Waals surface area contributed by atoms with Gasteiger partial charge in [-0.15, -0.1) is 11.3 Å². The maximum Gasteiger partial charge on any atom is 0.266 e. The highest BCUT2D eigenvalue weighted by atomic mass is 32.1. The number of aromatic nitrogens is 2. The van der Waals surface area contributed by atoms with Crippen molar-refractivity contribution < 1.29 is 14.3 Å². The molecule has 1 atom stereocenters. The highest BCUT2D eigenvalue weighted by molar-refractivity contribution is 7.13. The Labute approximate surface area is 175 Å². The van der Waals surface area contributed by atoms with E-state index >= 15 is 0 Å². The van der Waals surface area contributed by atoms with Gasteiger partial charge in [0.1, 0.15) is 11.4 Å². The molecule has 7 nitrogen and oxygen atoms in total. The maximum absolute atomic E-state index is 13.1. The Morgan fingerprint density at radius 1 is 1.34 bits per heavy atom. The van der Waals surface area contributed by atoms with Crippen molar-refractivity contribution in [3.63, 3.8) is 0 Å². The molecule has 1 aliphatic heterocycles. The largest absolute Gasteiger partial charge is 0.370 e. The lowest BCUT2D eigenvalue weighted by atomic mass is 10.2. The van der Waals surface area contributed by atoms with Gasteiger partial charge in [0.25, 0.3) is 5.91 Å². The van der Waals surface area contributed by atoms with Crippen molar-refractivity contribution in [2.75, 3.05) is 26.2 Å². The number of pyridine rings is 1. The van der Waals surface area contributed by atoms with E-state index < -0.39 is 0 Å². The van der Waals surface area contributed by atoms with E-state index in [0.717, 1.165) is 10.6 Å². The number of rotatable bonds is 6. The van der Waals surface area contributed by atoms with Crippen LogP contribution in [0.5, 0.6) is 0 Å². The van der Waals surface area contributed by atoms with Gasteiger partial charge >= 0.3 is 0 Å². The van der Waals surface area contributed by atoms with Crippen LogP contribution in [0.4, 0.5) is 0 Å². The van der Waals surface area contributed by atoms with Crippen LogP contribution in [-0.2, 0) is 16.1 Å². The van der Waals surface area contributed by atoms with Gasteiger partial charge in [-0.25, -0.2) is 4.98 Å². The van der Waals surface area contributed by atoms with Gasteiger partial charge < -0.3 is 14.5 Å². The molecule has 1 aliphatic rings. The van der Waals surface area contributed by atoms with E-state index in [9.17, 15) is 9.59 Å². The molecule has 156 valence electrons. The van der Waals surface area contributed by atoms with Gasteiger partial charge in [0.05, 0.1) is 23.4 Å². The zero-order valence-electron chi connectivity index (χ0n) is 17.4. The molecule has 0 spiro atoms. The number of thiazole rings is 1. The van der Waals surface area contributed by atoms with Crippen molar-refractivity contribution >= 4 is 23.2 Å². The monoisotopic (exact) mass is 416 g/mol. The number of amides is 2.